The zero-order valence-electron chi connectivity index (χ0n) is 12.8. The quantitative estimate of drug-likeness (QED) is 0.660. The number of hydrogen-bond donors (Lipinski definition) is 0. The lowest BCUT2D eigenvalue weighted by molar-refractivity contribution is 0.103. The molecule has 0 radical (unpaired) electrons. The maximum Gasteiger partial charge on any atom is 0.212 e. The molecule has 1 heterocycles. The van der Waals surface area contributed by atoms with Gasteiger partial charge in [0.15, 0.2) is 0 Å². The number of pyridine rings is 1. The van der Waals surface area contributed by atoms with E-state index in [1.807, 2.05) is 6.07 Å². The lowest BCUT2D eigenvalue weighted by atomic mass is 9.99. The van der Waals surface area contributed by atoms with Crippen LogP contribution < -0.4 is 0 Å². The summed E-state index contributed by atoms with van der Waals surface area (Å²) in [5.41, 5.74) is 1.91. The molecule has 1 unspecified atom stereocenters. The average molecular weight is 364 g/mol. The standard InChI is InChI=1S/C18H19BrFNO/c1-3-12(2)4-5-13-10-16(19)17(21-11-13)18(22)14-6-8-15(20)9-7-14/h6-12H,3-5H2,1-2H3. The Morgan fingerprint density at radius 2 is 2.00 bits per heavy atom. The maximum atomic E-state index is 12.9. The number of rotatable bonds is 6. The summed E-state index contributed by atoms with van der Waals surface area (Å²) in [4.78, 5) is 16.7. The van der Waals surface area contributed by atoms with E-state index in [1.165, 1.54) is 24.3 Å². The van der Waals surface area contributed by atoms with Gasteiger partial charge in [0, 0.05) is 16.2 Å². The highest BCUT2D eigenvalue weighted by Crippen LogP contribution is 2.21. The van der Waals surface area contributed by atoms with Crippen molar-refractivity contribution in [1.29, 1.82) is 0 Å². The van der Waals surface area contributed by atoms with Gasteiger partial charge >= 0.3 is 0 Å². The van der Waals surface area contributed by atoms with Crippen LogP contribution in [0.15, 0.2) is 41.0 Å². The van der Waals surface area contributed by atoms with Crippen LogP contribution in [0.2, 0.25) is 0 Å². The van der Waals surface area contributed by atoms with Gasteiger partial charge in [0.05, 0.1) is 0 Å². The minimum Gasteiger partial charge on any atom is -0.287 e. The van der Waals surface area contributed by atoms with Crippen molar-refractivity contribution in [3.63, 3.8) is 0 Å². The molecule has 0 spiro atoms. The predicted octanol–water partition coefficient (Wildman–Crippen LogP) is 5.19. The van der Waals surface area contributed by atoms with Crippen LogP contribution in [0.25, 0.3) is 0 Å². The van der Waals surface area contributed by atoms with Crippen LogP contribution >= 0.6 is 15.9 Å². The SMILES string of the molecule is CCC(C)CCc1cnc(C(=O)c2ccc(F)cc2)c(Br)c1. The molecule has 0 bridgehead atoms. The van der Waals surface area contributed by atoms with Gasteiger partial charge in [0.2, 0.25) is 5.78 Å². The Morgan fingerprint density at radius 3 is 2.59 bits per heavy atom. The van der Waals surface area contributed by atoms with Crippen molar-refractivity contribution in [2.45, 2.75) is 33.1 Å². The van der Waals surface area contributed by atoms with E-state index in [0.717, 1.165) is 24.8 Å². The smallest absolute Gasteiger partial charge is 0.212 e. The van der Waals surface area contributed by atoms with Crippen molar-refractivity contribution in [3.05, 3.63) is 63.6 Å². The molecule has 1 aromatic carbocycles. The first kappa shape index (κ1) is 16.8. The molecule has 0 saturated heterocycles. The van der Waals surface area contributed by atoms with Gasteiger partial charge in [0.25, 0.3) is 0 Å². The summed E-state index contributed by atoms with van der Waals surface area (Å²) in [6.07, 6.45) is 4.97. The van der Waals surface area contributed by atoms with E-state index in [1.54, 1.807) is 6.20 Å². The van der Waals surface area contributed by atoms with Gasteiger partial charge in [-0.25, -0.2) is 4.39 Å². The van der Waals surface area contributed by atoms with Gasteiger partial charge < -0.3 is 0 Å². The van der Waals surface area contributed by atoms with Gasteiger partial charge in [-0.2, -0.15) is 0 Å². The monoisotopic (exact) mass is 363 g/mol. The molecule has 1 aromatic heterocycles. The van der Waals surface area contributed by atoms with E-state index in [2.05, 4.69) is 34.8 Å². The Kier molecular flexibility index (Phi) is 5.83. The third-order valence-corrected chi connectivity index (χ3v) is 4.45. The molecule has 0 aliphatic rings. The number of halogens is 2. The van der Waals surface area contributed by atoms with Crippen LogP contribution in [0.5, 0.6) is 0 Å². The second-order valence-corrected chi connectivity index (χ2v) is 6.42. The minimum atomic E-state index is -0.357. The van der Waals surface area contributed by atoms with Crippen LogP contribution in [0.4, 0.5) is 4.39 Å². The van der Waals surface area contributed by atoms with Crippen LogP contribution in [-0.2, 0) is 6.42 Å². The zero-order valence-corrected chi connectivity index (χ0v) is 14.4. The molecule has 0 aliphatic heterocycles. The van der Waals surface area contributed by atoms with Crippen molar-refractivity contribution >= 4 is 21.7 Å². The van der Waals surface area contributed by atoms with E-state index in [4.69, 9.17) is 0 Å². The highest BCUT2D eigenvalue weighted by Gasteiger charge is 2.15. The number of aryl methyl sites for hydroxylation is 1. The summed E-state index contributed by atoms with van der Waals surface area (Å²) in [5, 5.41) is 0. The Labute approximate surface area is 138 Å². The van der Waals surface area contributed by atoms with E-state index in [-0.39, 0.29) is 11.6 Å². The van der Waals surface area contributed by atoms with Crippen molar-refractivity contribution in [3.8, 4) is 0 Å². The fourth-order valence-corrected chi connectivity index (χ4v) is 2.71. The van der Waals surface area contributed by atoms with Crippen LogP contribution in [0, 0.1) is 11.7 Å². The molecule has 2 aromatic rings. The number of benzene rings is 1. The second kappa shape index (κ2) is 7.63. The van der Waals surface area contributed by atoms with Crippen molar-refractivity contribution in [1.82, 2.24) is 4.98 Å². The van der Waals surface area contributed by atoms with Gasteiger partial charge in [0.1, 0.15) is 11.5 Å². The van der Waals surface area contributed by atoms with Gasteiger partial charge in [-0.05, 0) is 70.6 Å². The number of carbonyl (C=O) groups is 1. The first-order valence-electron chi connectivity index (χ1n) is 7.46. The Morgan fingerprint density at radius 1 is 1.32 bits per heavy atom. The molecular weight excluding hydrogens is 345 g/mol. The molecule has 22 heavy (non-hydrogen) atoms. The summed E-state index contributed by atoms with van der Waals surface area (Å²) in [6.45, 7) is 4.41. The van der Waals surface area contributed by atoms with Crippen molar-refractivity contribution < 1.29 is 9.18 Å². The first-order chi connectivity index (χ1) is 10.5. The summed E-state index contributed by atoms with van der Waals surface area (Å²) < 4.78 is 13.6. The van der Waals surface area contributed by atoms with Gasteiger partial charge in [-0.1, -0.05) is 20.3 Å². The van der Waals surface area contributed by atoms with E-state index >= 15 is 0 Å². The molecule has 0 fully saturated rings. The lowest BCUT2D eigenvalue weighted by Gasteiger charge is -2.09. The van der Waals surface area contributed by atoms with E-state index in [0.29, 0.717) is 21.6 Å². The molecule has 0 N–H and O–H groups in total. The zero-order chi connectivity index (χ0) is 16.1. The maximum absolute atomic E-state index is 12.9. The number of carbonyl (C=O) groups excluding carboxylic acids is 1. The number of nitrogens with zero attached hydrogens (tertiary/aromatic N) is 1. The van der Waals surface area contributed by atoms with Gasteiger partial charge in [-0.3, -0.25) is 9.78 Å². The third-order valence-electron chi connectivity index (χ3n) is 3.84. The largest absolute Gasteiger partial charge is 0.287 e. The van der Waals surface area contributed by atoms with E-state index in [9.17, 15) is 9.18 Å². The highest BCUT2D eigenvalue weighted by molar-refractivity contribution is 9.10. The average Bonchev–Trinajstić information content (AvgIpc) is 2.52. The molecule has 4 heteroatoms. The third kappa shape index (κ3) is 4.23. The summed E-state index contributed by atoms with van der Waals surface area (Å²) in [6, 6.07) is 7.46. The molecule has 0 amide bonds. The summed E-state index contributed by atoms with van der Waals surface area (Å²) >= 11 is 3.43. The Bertz CT molecular complexity index is 655. The van der Waals surface area contributed by atoms with Crippen molar-refractivity contribution in [2.75, 3.05) is 0 Å². The van der Waals surface area contributed by atoms with Crippen LogP contribution in [-0.4, -0.2) is 10.8 Å². The molecule has 2 rings (SSSR count). The number of hydrogen-bond acceptors (Lipinski definition) is 2. The molecule has 2 nitrogen and oxygen atoms in total. The summed E-state index contributed by atoms with van der Waals surface area (Å²) in [7, 11) is 0. The number of aromatic nitrogens is 1. The Balaban J connectivity index is 2.15. The normalized spacial score (nSPS) is 12.2. The van der Waals surface area contributed by atoms with Crippen molar-refractivity contribution in [2.24, 2.45) is 5.92 Å². The minimum absolute atomic E-state index is 0.208. The van der Waals surface area contributed by atoms with Crippen LogP contribution in [0.1, 0.15) is 48.3 Å². The fourth-order valence-electron chi connectivity index (χ4n) is 2.14. The molecule has 0 aliphatic carbocycles. The molecule has 116 valence electrons. The number of ketones is 1. The topological polar surface area (TPSA) is 30.0 Å². The highest BCUT2D eigenvalue weighted by atomic mass is 79.9. The lowest BCUT2D eigenvalue weighted by Crippen LogP contribution is -2.06. The van der Waals surface area contributed by atoms with Gasteiger partial charge in [-0.15, -0.1) is 0 Å². The first-order valence-corrected chi connectivity index (χ1v) is 8.25. The molecule has 0 saturated carbocycles. The predicted molar refractivity (Wildman–Crippen MR) is 89.5 cm³/mol. The summed E-state index contributed by atoms with van der Waals surface area (Å²) in [5.74, 6) is 0.114. The molecule has 1 atom stereocenters. The fraction of sp³-hybridized carbons (Fsp3) is 0.333. The Hall–Kier alpha value is -1.55. The van der Waals surface area contributed by atoms with E-state index < -0.39 is 0 Å². The molecular formula is C18H19BrFNO. The second-order valence-electron chi connectivity index (χ2n) is 5.56. The van der Waals surface area contributed by atoms with Crippen LogP contribution in [0.3, 0.4) is 0 Å².